The van der Waals surface area contributed by atoms with Gasteiger partial charge in [-0.15, -0.1) is 0 Å². The third-order valence-corrected chi connectivity index (χ3v) is 6.38. The van der Waals surface area contributed by atoms with Crippen LogP contribution in [-0.4, -0.2) is 38.1 Å². The molecule has 0 aromatic heterocycles. The van der Waals surface area contributed by atoms with E-state index in [0.717, 1.165) is 25.7 Å². The molecule has 1 atom stereocenters. The minimum atomic E-state index is -3.61. The monoisotopic (exact) mass is 368 g/mol. The highest BCUT2D eigenvalue weighted by Gasteiger charge is 2.33. The highest BCUT2D eigenvalue weighted by molar-refractivity contribution is 7.89. The maximum atomic E-state index is 12.4. The molecular weight excluding hydrogens is 340 g/mol. The number of aliphatic hydroxyl groups is 1. The molecule has 0 spiro atoms. The Kier molecular flexibility index (Phi) is 6.59. The molecule has 1 aliphatic rings. The van der Waals surface area contributed by atoms with Gasteiger partial charge in [0.25, 0.3) is 5.91 Å². The predicted octanol–water partition coefficient (Wildman–Crippen LogP) is 2.05. The molecular formula is C18H28N2O4S. The van der Waals surface area contributed by atoms with Crippen molar-refractivity contribution >= 4 is 15.9 Å². The van der Waals surface area contributed by atoms with Crippen molar-refractivity contribution in [3.8, 4) is 0 Å². The van der Waals surface area contributed by atoms with Crippen molar-refractivity contribution in [2.24, 2.45) is 5.92 Å². The third kappa shape index (κ3) is 5.26. The summed E-state index contributed by atoms with van der Waals surface area (Å²) in [6.45, 7) is 3.89. The SMILES string of the molecule is CCNS(=O)(=O)c1cccc(C(=O)NC[C@](C)(O)C2CCCCC2)c1. The van der Waals surface area contributed by atoms with E-state index in [1.807, 2.05) is 0 Å². The number of hydrogen-bond donors (Lipinski definition) is 3. The largest absolute Gasteiger partial charge is 0.388 e. The van der Waals surface area contributed by atoms with Gasteiger partial charge in [-0.05, 0) is 43.9 Å². The zero-order valence-electron chi connectivity index (χ0n) is 14.9. The van der Waals surface area contributed by atoms with Gasteiger partial charge in [-0.25, -0.2) is 13.1 Å². The molecule has 0 aliphatic heterocycles. The summed E-state index contributed by atoms with van der Waals surface area (Å²) < 4.78 is 26.5. The van der Waals surface area contributed by atoms with E-state index in [1.54, 1.807) is 26.0 Å². The average Bonchev–Trinajstić information content (AvgIpc) is 2.60. The first-order valence-electron chi connectivity index (χ1n) is 8.86. The molecule has 6 nitrogen and oxygen atoms in total. The van der Waals surface area contributed by atoms with E-state index in [2.05, 4.69) is 10.0 Å². The molecule has 1 aliphatic carbocycles. The molecule has 0 radical (unpaired) electrons. The second-order valence-corrected chi connectivity index (χ2v) is 8.67. The summed E-state index contributed by atoms with van der Waals surface area (Å²) in [4.78, 5) is 12.4. The molecule has 0 unspecified atom stereocenters. The van der Waals surface area contributed by atoms with Gasteiger partial charge in [-0.2, -0.15) is 0 Å². The first kappa shape index (κ1) is 19.9. The summed E-state index contributed by atoms with van der Waals surface area (Å²) in [5, 5.41) is 13.4. The van der Waals surface area contributed by atoms with Crippen molar-refractivity contribution in [3.63, 3.8) is 0 Å². The summed E-state index contributed by atoms with van der Waals surface area (Å²) in [5.41, 5.74) is -0.692. The molecule has 7 heteroatoms. The number of benzene rings is 1. The summed E-state index contributed by atoms with van der Waals surface area (Å²) in [6, 6.07) is 5.91. The smallest absolute Gasteiger partial charge is 0.251 e. The molecule has 3 N–H and O–H groups in total. The molecule has 0 saturated heterocycles. The van der Waals surface area contributed by atoms with Crippen molar-refractivity contribution in [3.05, 3.63) is 29.8 Å². The van der Waals surface area contributed by atoms with Crippen molar-refractivity contribution < 1.29 is 18.3 Å². The van der Waals surface area contributed by atoms with Crippen LogP contribution in [0.15, 0.2) is 29.2 Å². The van der Waals surface area contributed by atoms with Crippen LogP contribution in [-0.2, 0) is 10.0 Å². The minimum Gasteiger partial charge on any atom is -0.388 e. The van der Waals surface area contributed by atoms with Gasteiger partial charge in [0.2, 0.25) is 10.0 Å². The lowest BCUT2D eigenvalue weighted by Crippen LogP contribution is -2.46. The van der Waals surface area contributed by atoms with E-state index >= 15 is 0 Å². The number of carbonyl (C=O) groups excluding carboxylic acids is 1. The molecule has 2 rings (SSSR count). The Hall–Kier alpha value is -1.44. The van der Waals surface area contributed by atoms with Crippen LogP contribution in [0, 0.1) is 5.92 Å². The lowest BCUT2D eigenvalue weighted by atomic mass is 9.78. The fourth-order valence-corrected chi connectivity index (χ4v) is 4.39. The fraction of sp³-hybridized carbons (Fsp3) is 0.611. The van der Waals surface area contributed by atoms with Crippen molar-refractivity contribution in [2.45, 2.75) is 56.4 Å². The number of hydrogen-bond acceptors (Lipinski definition) is 4. The van der Waals surface area contributed by atoms with E-state index in [0.29, 0.717) is 0 Å². The maximum absolute atomic E-state index is 12.4. The summed E-state index contributed by atoms with van der Waals surface area (Å²) >= 11 is 0. The van der Waals surface area contributed by atoms with Crippen molar-refractivity contribution in [1.82, 2.24) is 10.0 Å². The van der Waals surface area contributed by atoms with E-state index < -0.39 is 15.6 Å². The Labute approximate surface area is 150 Å². The predicted molar refractivity (Wildman–Crippen MR) is 96.8 cm³/mol. The lowest BCUT2D eigenvalue weighted by Gasteiger charge is -2.35. The number of carbonyl (C=O) groups is 1. The van der Waals surface area contributed by atoms with Crippen LogP contribution in [0.25, 0.3) is 0 Å². The van der Waals surface area contributed by atoms with E-state index in [-0.39, 0.29) is 35.4 Å². The van der Waals surface area contributed by atoms with Crippen LogP contribution >= 0.6 is 0 Å². The van der Waals surface area contributed by atoms with Gasteiger partial charge in [0, 0.05) is 18.7 Å². The maximum Gasteiger partial charge on any atom is 0.251 e. The van der Waals surface area contributed by atoms with Crippen LogP contribution in [0.3, 0.4) is 0 Å². The topological polar surface area (TPSA) is 95.5 Å². The summed E-state index contributed by atoms with van der Waals surface area (Å²) in [6.07, 6.45) is 5.36. The molecule has 0 heterocycles. The first-order valence-corrected chi connectivity index (χ1v) is 10.3. The van der Waals surface area contributed by atoms with E-state index in [9.17, 15) is 18.3 Å². The molecule has 1 fully saturated rings. The van der Waals surface area contributed by atoms with Crippen molar-refractivity contribution in [1.29, 1.82) is 0 Å². The summed E-state index contributed by atoms with van der Waals surface area (Å²) in [7, 11) is -3.61. The fourth-order valence-electron chi connectivity index (χ4n) is 3.31. The third-order valence-electron chi connectivity index (χ3n) is 4.83. The van der Waals surface area contributed by atoms with Gasteiger partial charge >= 0.3 is 0 Å². The number of sulfonamides is 1. The number of nitrogens with one attached hydrogen (secondary N) is 2. The van der Waals surface area contributed by atoms with Crippen LogP contribution < -0.4 is 10.0 Å². The normalized spacial score (nSPS) is 18.5. The quantitative estimate of drug-likeness (QED) is 0.686. The highest BCUT2D eigenvalue weighted by atomic mass is 32.2. The molecule has 1 aromatic rings. The average molecular weight is 368 g/mol. The Morgan fingerprint density at radius 1 is 1.28 bits per heavy atom. The van der Waals surface area contributed by atoms with Gasteiger partial charge in [-0.1, -0.05) is 32.3 Å². The molecule has 0 bridgehead atoms. The van der Waals surface area contributed by atoms with Gasteiger partial charge in [0.15, 0.2) is 0 Å². The molecule has 1 amide bonds. The lowest BCUT2D eigenvalue weighted by molar-refractivity contribution is -0.0143. The molecule has 1 aromatic carbocycles. The van der Waals surface area contributed by atoms with Gasteiger partial charge < -0.3 is 10.4 Å². The second kappa shape index (κ2) is 8.29. The van der Waals surface area contributed by atoms with Gasteiger partial charge in [0.1, 0.15) is 0 Å². The van der Waals surface area contributed by atoms with Crippen LogP contribution in [0.4, 0.5) is 0 Å². The summed E-state index contributed by atoms with van der Waals surface area (Å²) in [5.74, 6) is -0.202. The van der Waals surface area contributed by atoms with Gasteiger partial charge in [0.05, 0.1) is 10.5 Å². The second-order valence-electron chi connectivity index (χ2n) is 6.90. The Morgan fingerprint density at radius 3 is 2.60 bits per heavy atom. The zero-order chi connectivity index (χ0) is 18.5. The molecule has 1 saturated carbocycles. The van der Waals surface area contributed by atoms with Crippen LogP contribution in [0.2, 0.25) is 0 Å². The van der Waals surface area contributed by atoms with Gasteiger partial charge in [-0.3, -0.25) is 4.79 Å². The minimum absolute atomic E-state index is 0.0565. The highest BCUT2D eigenvalue weighted by Crippen LogP contribution is 2.32. The zero-order valence-corrected chi connectivity index (χ0v) is 15.7. The standard InChI is InChI=1S/C18H28N2O4S/c1-3-20-25(23,24)16-11-7-8-14(12-16)17(21)19-13-18(2,22)15-9-5-4-6-10-15/h7-8,11-12,15,20,22H,3-6,9-10,13H2,1-2H3,(H,19,21)/t18-/m0/s1. The Morgan fingerprint density at radius 2 is 1.96 bits per heavy atom. The van der Waals surface area contributed by atoms with Crippen molar-refractivity contribution in [2.75, 3.05) is 13.1 Å². The van der Waals surface area contributed by atoms with E-state index in [1.165, 1.54) is 18.6 Å². The van der Waals surface area contributed by atoms with E-state index in [4.69, 9.17) is 0 Å². The molecule has 140 valence electrons. The Bertz CT molecular complexity index is 695. The number of amides is 1. The Balaban J connectivity index is 2.03. The van der Waals surface area contributed by atoms with Crippen LogP contribution in [0.1, 0.15) is 56.3 Å². The molecule has 25 heavy (non-hydrogen) atoms. The first-order chi connectivity index (χ1) is 11.8. The van der Waals surface area contributed by atoms with Crippen LogP contribution in [0.5, 0.6) is 0 Å². The number of rotatable bonds is 7.